The Bertz CT molecular complexity index is 758. The molecule has 25 heavy (non-hydrogen) atoms. The highest BCUT2D eigenvalue weighted by atomic mass is 16.5. The van der Waals surface area contributed by atoms with Crippen molar-refractivity contribution in [1.29, 1.82) is 0 Å². The number of urea groups is 1. The second-order valence-corrected chi connectivity index (χ2v) is 6.96. The fraction of sp³-hybridized carbons (Fsp3) is 0.450. The average molecular weight is 342 g/mol. The minimum absolute atomic E-state index is 0.0901. The van der Waals surface area contributed by atoms with Gasteiger partial charge in [0.15, 0.2) is 0 Å². The maximum atomic E-state index is 12.6. The number of benzene rings is 2. The molecule has 2 aromatic rings. The first-order valence-corrected chi connectivity index (χ1v) is 8.80. The number of likely N-dealkylation sites (tertiary alicyclic amines) is 1. The number of hydrogen-bond donors (Lipinski definition) is 2. The Morgan fingerprint density at radius 3 is 2.84 bits per heavy atom. The van der Waals surface area contributed by atoms with Crippen molar-refractivity contribution >= 4 is 16.8 Å². The number of carbonyl (C=O) groups excluding carboxylic acids is 1. The van der Waals surface area contributed by atoms with Gasteiger partial charge in [-0.05, 0) is 43.0 Å². The molecule has 0 saturated carbocycles. The molecule has 0 radical (unpaired) electrons. The quantitative estimate of drug-likeness (QED) is 0.900. The van der Waals surface area contributed by atoms with Gasteiger partial charge in [-0.2, -0.15) is 0 Å². The summed E-state index contributed by atoms with van der Waals surface area (Å²) in [6.07, 6.45) is 2.16. The molecule has 2 aromatic carbocycles. The molecule has 1 heterocycles. The van der Waals surface area contributed by atoms with Gasteiger partial charge in [0.1, 0.15) is 5.75 Å². The van der Waals surface area contributed by atoms with Crippen molar-refractivity contribution in [3.63, 3.8) is 0 Å². The second-order valence-electron chi connectivity index (χ2n) is 6.96. The van der Waals surface area contributed by atoms with Crippen molar-refractivity contribution in [2.45, 2.75) is 38.3 Å². The monoisotopic (exact) mass is 342 g/mol. The zero-order chi connectivity index (χ0) is 17.9. The molecule has 2 amide bonds. The number of hydrogen-bond acceptors (Lipinski definition) is 3. The Balaban J connectivity index is 1.73. The van der Waals surface area contributed by atoms with Crippen LogP contribution >= 0.6 is 0 Å². The maximum absolute atomic E-state index is 12.6. The van der Waals surface area contributed by atoms with Gasteiger partial charge in [0, 0.05) is 25.2 Å². The summed E-state index contributed by atoms with van der Waals surface area (Å²) in [6, 6.07) is 12.0. The minimum atomic E-state index is -0.673. The van der Waals surface area contributed by atoms with Crippen LogP contribution < -0.4 is 10.1 Å². The molecule has 3 rings (SSSR count). The lowest BCUT2D eigenvalue weighted by molar-refractivity contribution is 0.0457. The van der Waals surface area contributed by atoms with Crippen LogP contribution in [0.15, 0.2) is 36.4 Å². The van der Waals surface area contributed by atoms with Gasteiger partial charge in [0.2, 0.25) is 0 Å². The molecule has 0 aromatic heterocycles. The lowest BCUT2D eigenvalue weighted by Crippen LogP contribution is -2.40. The molecule has 0 bridgehead atoms. The third-order valence-electron chi connectivity index (χ3n) is 4.98. The molecular weight excluding hydrogens is 316 g/mol. The van der Waals surface area contributed by atoms with Gasteiger partial charge in [0.25, 0.3) is 0 Å². The third kappa shape index (κ3) is 4.04. The van der Waals surface area contributed by atoms with Gasteiger partial charge in [-0.25, -0.2) is 4.79 Å². The van der Waals surface area contributed by atoms with E-state index in [0.29, 0.717) is 26.1 Å². The van der Waals surface area contributed by atoms with Crippen molar-refractivity contribution in [2.24, 2.45) is 0 Å². The molecule has 134 valence electrons. The van der Waals surface area contributed by atoms with E-state index >= 15 is 0 Å². The van der Waals surface area contributed by atoms with E-state index in [4.69, 9.17) is 4.74 Å². The summed E-state index contributed by atoms with van der Waals surface area (Å²) in [5.74, 6) is 0.776. The number of methoxy groups -OCH3 is 1. The van der Waals surface area contributed by atoms with Crippen LogP contribution in [0, 0.1) is 0 Å². The first kappa shape index (κ1) is 17.5. The predicted octanol–water partition coefficient (Wildman–Crippen LogP) is 3.29. The first-order valence-electron chi connectivity index (χ1n) is 8.80. The third-order valence-corrected chi connectivity index (χ3v) is 4.98. The summed E-state index contributed by atoms with van der Waals surface area (Å²) < 4.78 is 5.48. The Morgan fingerprint density at radius 1 is 1.24 bits per heavy atom. The Morgan fingerprint density at radius 2 is 2.04 bits per heavy atom. The number of nitrogens with zero attached hydrogens (tertiary/aromatic N) is 1. The molecule has 1 aliphatic rings. The summed E-state index contributed by atoms with van der Waals surface area (Å²) in [6.45, 7) is 3.51. The van der Waals surface area contributed by atoms with Crippen molar-refractivity contribution in [1.82, 2.24) is 10.2 Å². The van der Waals surface area contributed by atoms with E-state index in [0.717, 1.165) is 34.9 Å². The summed E-state index contributed by atoms with van der Waals surface area (Å²) in [5, 5.41) is 15.4. The van der Waals surface area contributed by atoms with Crippen LogP contribution in [-0.2, 0) is 6.54 Å². The van der Waals surface area contributed by atoms with Crippen molar-refractivity contribution in [3.05, 3.63) is 42.0 Å². The SMILES string of the molecule is COc1ccc2ccccc2c1CNC(=O)N1CCC[C@@](C)(O)CC1. The topological polar surface area (TPSA) is 61.8 Å². The highest BCUT2D eigenvalue weighted by molar-refractivity contribution is 5.88. The van der Waals surface area contributed by atoms with Gasteiger partial charge in [-0.3, -0.25) is 0 Å². The van der Waals surface area contributed by atoms with E-state index < -0.39 is 5.60 Å². The number of fused-ring (bicyclic) bond motifs is 1. The average Bonchev–Trinajstić information content (AvgIpc) is 2.79. The summed E-state index contributed by atoms with van der Waals surface area (Å²) in [5.41, 5.74) is 0.309. The fourth-order valence-electron chi connectivity index (χ4n) is 3.43. The zero-order valence-electron chi connectivity index (χ0n) is 14.9. The molecule has 0 spiro atoms. The van der Waals surface area contributed by atoms with E-state index in [1.54, 1.807) is 12.0 Å². The minimum Gasteiger partial charge on any atom is -0.496 e. The number of aliphatic hydroxyl groups is 1. The summed E-state index contributed by atoms with van der Waals surface area (Å²) in [4.78, 5) is 14.4. The van der Waals surface area contributed by atoms with Gasteiger partial charge in [-0.1, -0.05) is 30.3 Å². The lowest BCUT2D eigenvalue weighted by atomic mass is 9.98. The van der Waals surface area contributed by atoms with Crippen LogP contribution in [0.25, 0.3) is 10.8 Å². The standard InChI is InChI=1S/C20H26N2O3/c1-20(24)10-5-12-22(13-11-20)19(23)21-14-17-16-7-4-3-6-15(16)8-9-18(17)25-2/h3-4,6-9,24H,5,10-14H2,1-2H3,(H,21,23)/t20-/m1/s1. The molecule has 0 unspecified atom stereocenters. The van der Waals surface area contributed by atoms with Crippen molar-refractivity contribution in [3.8, 4) is 5.75 Å². The molecule has 5 nitrogen and oxygen atoms in total. The summed E-state index contributed by atoms with van der Waals surface area (Å²) in [7, 11) is 1.65. The van der Waals surface area contributed by atoms with Crippen LogP contribution in [-0.4, -0.2) is 41.8 Å². The zero-order valence-corrected chi connectivity index (χ0v) is 14.9. The number of carbonyl (C=O) groups is 1. The number of nitrogens with one attached hydrogen (secondary N) is 1. The van der Waals surface area contributed by atoms with Crippen LogP contribution in [0.2, 0.25) is 0 Å². The number of amides is 2. The smallest absolute Gasteiger partial charge is 0.317 e. The van der Waals surface area contributed by atoms with Gasteiger partial charge in [-0.15, -0.1) is 0 Å². The Labute approximate surface area is 148 Å². The van der Waals surface area contributed by atoms with E-state index in [1.165, 1.54) is 0 Å². The second kappa shape index (κ2) is 7.31. The first-order chi connectivity index (χ1) is 12.0. The van der Waals surface area contributed by atoms with Gasteiger partial charge in [0.05, 0.1) is 12.7 Å². The van der Waals surface area contributed by atoms with Gasteiger partial charge >= 0.3 is 6.03 Å². The van der Waals surface area contributed by atoms with E-state index in [-0.39, 0.29) is 6.03 Å². The Kier molecular flexibility index (Phi) is 5.13. The highest BCUT2D eigenvalue weighted by Crippen LogP contribution is 2.28. The predicted molar refractivity (Wildman–Crippen MR) is 98.8 cm³/mol. The number of rotatable bonds is 3. The van der Waals surface area contributed by atoms with Crippen LogP contribution in [0.5, 0.6) is 5.75 Å². The van der Waals surface area contributed by atoms with Crippen LogP contribution in [0.4, 0.5) is 4.79 Å². The van der Waals surface area contributed by atoms with Crippen molar-refractivity contribution in [2.75, 3.05) is 20.2 Å². The van der Waals surface area contributed by atoms with E-state index in [2.05, 4.69) is 11.4 Å². The van der Waals surface area contributed by atoms with Gasteiger partial charge < -0.3 is 20.1 Å². The highest BCUT2D eigenvalue weighted by Gasteiger charge is 2.27. The molecule has 1 saturated heterocycles. The molecule has 1 atom stereocenters. The normalized spacial score (nSPS) is 21.0. The van der Waals surface area contributed by atoms with Crippen molar-refractivity contribution < 1.29 is 14.6 Å². The van der Waals surface area contributed by atoms with E-state index in [9.17, 15) is 9.90 Å². The molecule has 2 N–H and O–H groups in total. The Hall–Kier alpha value is -2.27. The summed E-state index contributed by atoms with van der Waals surface area (Å²) >= 11 is 0. The van der Waals surface area contributed by atoms with Crippen LogP contribution in [0.3, 0.4) is 0 Å². The lowest BCUT2D eigenvalue weighted by Gasteiger charge is -2.23. The molecule has 1 fully saturated rings. The molecule has 0 aliphatic carbocycles. The fourth-order valence-corrected chi connectivity index (χ4v) is 3.43. The van der Waals surface area contributed by atoms with E-state index in [1.807, 2.05) is 37.3 Å². The molecule has 1 aliphatic heterocycles. The largest absolute Gasteiger partial charge is 0.496 e. The number of ether oxygens (including phenoxy) is 1. The van der Waals surface area contributed by atoms with Crippen LogP contribution in [0.1, 0.15) is 31.7 Å². The maximum Gasteiger partial charge on any atom is 0.317 e. The molecule has 5 heteroatoms. The molecular formula is C20H26N2O3.